The molecule has 0 unspecified atom stereocenters. The Morgan fingerprint density at radius 3 is 2.90 bits per heavy atom. The highest BCUT2D eigenvalue weighted by molar-refractivity contribution is 7.89. The van der Waals surface area contributed by atoms with Crippen LogP contribution < -0.4 is 4.72 Å². The smallest absolute Gasteiger partial charge is 0.321 e. The Balaban J connectivity index is 2.25. The van der Waals surface area contributed by atoms with Crippen LogP contribution in [0.1, 0.15) is 26.2 Å². The molecule has 1 aromatic heterocycles. The molecule has 2 aromatic rings. The van der Waals surface area contributed by atoms with E-state index in [9.17, 15) is 13.2 Å². The zero-order valence-electron chi connectivity index (χ0n) is 11.4. The zero-order valence-corrected chi connectivity index (χ0v) is 13.1. The molecule has 2 rings (SSSR count). The van der Waals surface area contributed by atoms with Crippen LogP contribution in [0, 0.1) is 0 Å². The van der Waals surface area contributed by atoms with Gasteiger partial charge in [0.25, 0.3) is 0 Å². The second kappa shape index (κ2) is 6.50. The minimum absolute atomic E-state index is 0.0574. The standard InChI is InChI=1S/C13H16N2O4S2/c1-2-3-4-11(13(16)17)15-21(18,19)9-5-6-10-12(7-9)20-8-14-10/h5-8,11,15H,2-4H2,1H3,(H,16,17)/t11-/m0/s1. The maximum absolute atomic E-state index is 12.3. The van der Waals surface area contributed by atoms with Crippen LogP contribution in [0.4, 0.5) is 0 Å². The monoisotopic (exact) mass is 328 g/mol. The molecule has 1 heterocycles. The number of unbranched alkanes of at least 4 members (excludes halogenated alkanes) is 1. The van der Waals surface area contributed by atoms with Gasteiger partial charge >= 0.3 is 5.97 Å². The molecule has 114 valence electrons. The van der Waals surface area contributed by atoms with Gasteiger partial charge in [-0.15, -0.1) is 11.3 Å². The molecule has 0 amide bonds. The van der Waals surface area contributed by atoms with Gasteiger partial charge in [-0.3, -0.25) is 4.79 Å². The first-order valence-corrected chi connectivity index (χ1v) is 8.88. The molecule has 0 saturated heterocycles. The summed E-state index contributed by atoms with van der Waals surface area (Å²) in [6.07, 6.45) is 1.72. The lowest BCUT2D eigenvalue weighted by molar-refractivity contribution is -0.139. The highest BCUT2D eigenvalue weighted by Gasteiger charge is 2.25. The molecule has 6 nitrogen and oxygen atoms in total. The molecular formula is C13H16N2O4S2. The van der Waals surface area contributed by atoms with E-state index in [1.807, 2.05) is 6.92 Å². The number of aromatic nitrogens is 1. The molecule has 0 aliphatic carbocycles. The first-order chi connectivity index (χ1) is 9.94. The lowest BCUT2D eigenvalue weighted by Gasteiger charge is -2.14. The molecular weight excluding hydrogens is 312 g/mol. The fourth-order valence-corrected chi connectivity index (χ4v) is 3.94. The van der Waals surface area contributed by atoms with Gasteiger partial charge < -0.3 is 5.11 Å². The Morgan fingerprint density at radius 2 is 2.24 bits per heavy atom. The molecule has 21 heavy (non-hydrogen) atoms. The summed E-state index contributed by atoms with van der Waals surface area (Å²) < 4.78 is 27.6. The van der Waals surface area contributed by atoms with Crippen LogP contribution in [-0.4, -0.2) is 30.5 Å². The fourth-order valence-electron chi connectivity index (χ4n) is 1.90. The van der Waals surface area contributed by atoms with Crippen molar-refractivity contribution in [3.05, 3.63) is 23.7 Å². The van der Waals surface area contributed by atoms with Crippen LogP contribution in [0.25, 0.3) is 10.2 Å². The van der Waals surface area contributed by atoms with Crippen LogP contribution in [0.15, 0.2) is 28.6 Å². The number of sulfonamides is 1. The largest absolute Gasteiger partial charge is 0.480 e. The summed E-state index contributed by atoms with van der Waals surface area (Å²) in [7, 11) is -3.86. The number of carbonyl (C=O) groups is 1. The number of benzene rings is 1. The molecule has 0 aliphatic heterocycles. The molecule has 0 fully saturated rings. The van der Waals surface area contributed by atoms with E-state index in [1.165, 1.54) is 23.5 Å². The molecule has 1 aromatic carbocycles. The van der Waals surface area contributed by atoms with E-state index in [-0.39, 0.29) is 11.3 Å². The topological polar surface area (TPSA) is 96.4 Å². The second-order valence-corrected chi connectivity index (χ2v) is 7.24. The number of rotatable bonds is 7. The number of thiazole rings is 1. The van der Waals surface area contributed by atoms with Crippen LogP contribution in [-0.2, 0) is 14.8 Å². The molecule has 8 heteroatoms. The van der Waals surface area contributed by atoms with Crippen LogP contribution in [0.2, 0.25) is 0 Å². The van der Waals surface area contributed by atoms with Crippen molar-refractivity contribution >= 4 is 37.5 Å². The third-order valence-electron chi connectivity index (χ3n) is 3.05. The summed E-state index contributed by atoms with van der Waals surface area (Å²) in [5, 5.41) is 9.11. The van der Waals surface area contributed by atoms with Crippen molar-refractivity contribution in [1.82, 2.24) is 9.71 Å². The van der Waals surface area contributed by atoms with Gasteiger partial charge in [0.2, 0.25) is 10.0 Å². The lowest BCUT2D eigenvalue weighted by Crippen LogP contribution is -2.40. The van der Waals surface area contributed by atoms with Crippen LogP contribution in [0.5, 0.6) is 0 Å². The van der Waals surface area contributed by atoms with E-state index in [4.69, 9.17) is 5.11 Å². The van der Waals surface area contributed by atoms with E-state index in [1.54, 1.807) is 11.6 Å². The number of nitrogens with zero attached hydrogens (tertiary/aromatic N) is 1. The van der Waals surface area contributed by atoms with Crippen LogP contribution >= 0.6 is 11.3 Å². The maximum atomic E-state index is 12.3. The van der Waals surface area contributed by atoms with Crippen molar-refractivity contribution in [3.8, 4) is 0 Å². The molecule has 0 spiro atoms. The predicted molar refractivity (Wildman–Crippen MR) is 80.9 cm³/mol. The van der Waals surface area contributed by atoms with E-state index >= 15 is 0 Å². The molecule has 0 radical (unpaired) electrons. The first kappa shape index (κ1) is 15.9. The summed E-state index contributed by atoms with van der Waals surface area (Å²) in [6.45, 7) is 1.92. The van der Waals surface area contributed by atoms with E-state index in [0.29, 0.717) is 6.42 Å². The fraction of sp³-hybridized carbons (Fsp3) is 0.385. The SMILES string of the molecule is CCCC[C@H](NS(=O)(=O)c1ccc2ncsc2c1)C(=O)O. The van der Waals surface area contributed by atoms with Gasteiger partial charge in [0.15, 0.2) is 0 Å². The average Bonchev–Trinajstić information content (AvgIpc) is 2.90. The number of nitrogens with one attached hydrogen (secondary N) is 1. The van der Waals surface area contributed by atoms with Gasteiger partial charge in [0.1, 0.15) is 6.04 Å². The molecule has 1 atom stereocenters. The number of fused-ring (bicyclic) bond motifs is 1. The Kier molecular flexibility index (Phi) is 4.92. The zero-order chi connectivity index (χ0) is 15.5. The molecule has 0 bridgehead atoms. The third kappa shape index (κ3) is 3.78. The van der Waals surface area contributed by atoms with Gasteiger partial charge in [0, 0.05) is 0 Å². The van der Waals surface area contributed by atoms with Crippen molar-refractivity contribution in [3.63, 3.8) is 0 Å². The summed E-state index contributed by atoms with van der Waals surface area (Å²) in [5.41, 5.74) is 2.36. The maximum Gasteiger partial charge on any atom is 0.321 e. The minimum atomic E-state index is -3.86. The number of hydrogen-bond acceptors (Lipinski definition) is 5. The van der Waals surface area contributed by atoms with Gasteiger partial charge in [-0.2, -0.15) is 4.72 Å². The summed E-state index contributed by atoms with van der Waals surface area (Å²) in [6, 6.07) is 3.45. The summed E-state index contributed by atoms with van der Waals surface area (Å²) in [4.78, 5) is 15.3. The Labute approximate surface area is 126 Å². The molecule has 0 aliphatic rings. The summed E-state index contributed by atoms with van der Waals surface area (Å²) in [5.74, 6) is -1.16. The third-order valence-corrected chi connectivity index (χ3v) is 5.32. The van der Waals surface area contributed by atoms with Gasteiger partial charge in [-0.05, 0) is 24.6 Å². The average molecular weight is 328 g/mol. The Morgan fingerprint density at radius 1 is 1.48 bits per heavy atom. The Hall–Kier alpha value is -1.51. The number of carboxylic acid groups (broad SMARTS) is 1. The number of hydrogen-bond donors (Lipinski definition) is 2. The number of carboxylic acids is 1. The van der Waals surface area contributed by atoms with Crippen molar-refractivity contribution < 1.29 is 18.3 Å². The van der Waals surface area contributed by atoms with E-state index in [2.05, 4.69) is 9.71 Å². The van der Waals surface area contributed by atoms with Crippen molar-refractivity contribution in [2.75, 3.05) is 0 Å². The van der Waals surface area contributed by atoms with E-state index in [0.717, 1.165) is 16.6 Å². The first-order valence-electron chi connectivity index (χ1n) is 6.52. The van der Waals surface area contributed by atoms with Crippen LogP contribution in [0.3, 0.4) is 0 Å². The van der Waals surface area contributed by atoms with Gasteiger partial charge in [-0.1, -0.05) is 19.8 Å². The van der Waals surface area contributed by atoms with Crippen molar-refractivity contribution in [2.45, 2.75) is 37.1 Å². The summed E-state index contributed by atoms with van der Waals surface area (Å²) >= 11 is 1.34. The highest BCUT2D eigenvalue weighted by Crippen LogP contribution is 2.22. The van der Waals surface area contributed by atoms with Gasteiger partial charge in [-0.25, -0.2) is 13.4 Å². The Bertz CT molecular complexity index is 739. The molecule has 2 N–H and O–H groups in total. The molecule has 0 saturated carbocycles. The highest BCUT2D eigenvalue weighted by atomic mass is 32.2. The lowest BCUT2D eigenvalue weighted by atomic mass is 10.1. The minimum Gasteiger partial charge on any atom is -0.480 e. The quantitative estimate of drug-likeness (QED) is 0.812. The van der Waals surface area contributed by atoms with Gasteiger partial charge in [0.05, 0.1) is 20.6 Å². The van der Waals surface area contributed by atoms with Crippen molar-refractivity contribution in [2.24, 2.45) is 0 Å². The normalized spacial score (nSPS) is 13.4. The predicted octanol–water partition coefficient (Wildman–Crippen LogP) is 2.22. The number of aliphatic carboxylic acids is 1. The second-order valence-electron chi connectivity index (χ2n) is 4.64. The van der Waals surface area contributed by atoms with E-state index < -0.39 is 22.0 Å². The van der Waals surface area contributed by atoms with Crippen molar-refractivity contribution in [1.29, 1.82) is 0 Å².